The number of hydrogen-bond acceptors (Lipinski definition) is 5. The van der Waals surface area contributed by atoms with Crippen molar-refractivity contribution in [2.75, 3.05) is 52.9 Å². The first kappa shape index (κ1) is 31.3. The van der Waals surface area contributed by atoms with Crippen LogP contribution in [0.25, 0.3) is 0 Å². The highest BCUT2D eigenvalue weighted by Crippen LogP contribution is 2.07. The van der Waals surface area contributed by atoms with Gasteiger partial charge in [0, 0.05) is 58.7 Å². The van der Waals surface area contributed by atoms with Crippen LogP contribution >= 0.6 is 0 Å². The van der Waals surface area contributed by atoms with Gasteiger partial charge in [-0.15, -0.1) is 0 Å². The van der Waals surface area contributed by atoms with Gasteiger partial charge in [0.05, 0.1) is 0 Å². The fraction of sp³-hybridized carbons (Fsp3) is 0.880. The van der Waals surface area contributed by atoms with E-state index < -0.39 is 0 Å². The molecule has 0 aromatic rings. The standard InChI is InChI=1S/C25H49N3O5/c1-6-11-14-23(29)26(17-19-27(21-32-9-4)24(30)15-12-7-2)18-20-28(22-33-10-5)25(31)16-13-8-3/h6-22H2,1-5H3. The van der Waals surface area contributed by atoms with Crippen molar-refractivity contribution in [2.45, 2.75) is 92.4 Å². The molecule has 8 heteroatoms. The van der Waals surface area contributed by atoms with Gasteiger partial charge < -0.3 is 24.2 Å². The monoisotopic (exact) mass is 471 g/mol. The van der Waals surface area contributed by atoms with E-state index in [4.69, 9.17) is 9.47 Å². The zero-order chi connectivity index (χ0) is 24.9. The molecule has 3 amide bonds. The Balaban J connectivity index is 5.19. The molecule has 0 bridgehead atoms. The van der Waals surface area contributed by atoms with Crippen LogP contribution in [0.4, 0.5) is 0 Å². The van der Waals surface area contributed by atoms with Crippen LogP contribution in [0.15, 0.2) is 0 Å². The number of carbonyl (C=O) groups excluding carboxylic acids is 3. The maximum Gasteiger partial charge on any atom is 0.224 e. The summed E-state index contributed by atoms with van der Waals surface area (Å²) < 4.78 is 11.0. The Labute approximate surface area is 201 Å². The number of rotatable bonds is 21. The van der Waals surface area contributed by atoms with E-state index in [9.17, 15) is 14.4 Å². The van der Waals surface area contributed by atoms with Crippen LogP contribution in [-0.4, -0.2) is 85.3 Å². The molecule has 0 N–H and O–H groups in total. The molecule has 0 spiro atoms. The van der Waals surface area contributed by atoms with E-state index in [0.29, 0.717) is 58.7 Å². The molecule has 33 heavy (non-hydrogen) atoms. The van der Waals surface area contributed by atoms with Crippen LogP contribution in [0.2, 0.25) is 0 Å². The van der Waals surface area contributed by atoms with Crippen molar-refractivity contribution in [1.82, 2.24) is 14.7 Å². The highest BCUT2D eigenvalue weighted by molar-refractivity contribution is 5.78. The van der Waals surface area contributed by atoms with Gasteiger partial charge >= 0.3 is 0 Å². The minimum atomic E-state index is 0.0546. The van der Waals surface area contributed by atoms with E-state index in [1.807, 2.05) is 13.8 Å². The largest absolute Gasteiger partial charge is 0.361 e. The predicted octanol–water partition coefficient (Wildman–Crippen LogP) is 4.03. The second-order valence-electron chi connectivity index (χ2n) is 8.25. The molecule has 0 fully saturated rings. The molecule has 0 aliphatic carbocycles. The third-order valence-corrected chi connectivity index (χ3v) is 5.47. The molecule has 0 rings (SSSR count). The summed E-state index contributed by atoms with van der Waals surface area (Å²) in [6, 6.07) is 0. The van der Waals surface area contributed by atoms with E-state index in [2.05, 4.69) is 20.8 Å². The Bertz CT molecular complexity index is 494. The molecule has 0 radical (unpaired) electrons. The first-order chi connectivity index (χ1) is 15.9. The van der Waals surface area contributed by atoms with Crippen LogP contribution in [0.5, 0.6) is 0 Å². The lowest BCUT2D eigenvalue weighted by atomic mass is 10.2. The van der Waals surface area contributed by atoms with Crippen LogP contribution in [0.1, 0.15) is 92.4 Å². The molecule has 0 heterocycles. The average Bonchev–Trinajstić information content (AvgIpc) is 2.82. The van der Waals surface area contributed by atoms with Gasteiger partial charge in [-0.25, -0.2) is 0 Å². The fourth-order valence-corrected chi connectivity index (χ4v) is 3.23. The Kier molecular flexibility index (Phi) is 19.8. The summed E-state index contributed by atoms with van der Waals surface area (Å²) in [7, 11) is 0. The number of hydrogen-bond donors (Lipinski definition) is 0. The maximum atomic E-state index is 12.9. The van der Waals surface area contributed by atoms with E-state index in [1.165, 1.54) is 0 Å². The molecule has 0 atom stereocenters. The Morgan fingerprint density at radius 3 is 1.12 bits per heavy atom. The highest BCUT2D eigenvalue weighted by Gasteiger charge is 2.20. The predicted molar refractivity (Wildman–Crippen MR) is 132 cm³/mol. The smallest absolute Gasteiger partial charge is 0.224 e. The van der Waals surface area contributed by atoms with Crippen molar-refractivity contribution in [3.63, 3.8) is 0 Å². The number of carbonyl (C=O) groups is 3. The molecule has 194 valence electrons. The minimum absolute atomic E-state index is 0.0546. The van der Waals surface area contributed by atoms with Gasteiger partial charge in [0.25, 0.3) is 0 Å². The number of amides is 3. The lowest BCUT2D eigenvalue weighted by Gasteiger charge is -2.30. The summed E-state index contributed by atoms with van der Waals surface area (Å²) in [5.41, 5.74) is 0. The van der Waals surface area contributed by atoms with Crippen molar-refractivity contribution in [3.05, 3.63) is 0 Å². The normalized spacial score (nSPS) is 10.8. The first-order valence-electron chi connectivity index (χ1n) is 12.9. The molecular weight excluding hydrogens is 422 g/mol. The van der Waals surface area contributed by atoms with Crippen molar-refractivity contribution in [1.29, 1.82) is 0 Å². The summed E-state index contributed by atoms with van der Waals surface area (Å²) in [6.07, 6.45) is 6.81. The SMILES string of the molecule is CCCCC(=O)N(CCN(COCC)C(=O)CCCC)CCN(COCC)C(=O)CCCC. The number of unbranched alkanes of at least 4 members (excludes halogenated alkanes) is 3. The summed E-state index contributed by atoms with van der Waals surface area (Å²) in [4.78, 5) is 43.3. The van der Waals surface area contributed by atoms with E-state index in [-0.39, 0.29) is 31.2 Å². The van der Waals surface area contributed by atoms with E-state index in [1.54, 1.807) is 14.7 Å². The first-order valence-corrected chi connectivity index (χ1v) is 12.9. The average molecular weight is 472 g/mol. The molecule has 8 nitrogen and oxygen atoms in total. The van der Waals surface area contributed by atoms with Crippen LogP contribution in [0, 0.1) is 0 Å². The maximum absolute atomic E-state index is 12.9. The third kappa shape index (κ3) is 15.0. The highest BCUT2D eigenvalue weighted by atomic mass is 16.5. The van der Waals surface area contributed by atoms with Gasteiger partial charge in [-0.2, -0.15) is 0 Å². The van der Waals surface area contributed by atoms with Gasteiger partial charge in [-0.1, -0.05) is 40.0 Å². The molecule has 0 saturated carbocycles. The Morgan fingerprint density at radius 1 is 0.515 bits per heavy atom. The van der Waals surface area contributed by atoms with Gasteiger partial charge in [0.2, 0.25) is 17.7 Å². The van der Waals surface area contributed by atoms with Crippen LogP contribution in [0.3, 0.4) is 0 Å². The van der Waals surface area contributed by atoms with Crippen LogP contribution < -0.4 is 0 Å². The number of nitrogens with zero attached hydrogens (tertiary/aromatic N) is 3. The minimum Gasteiger partial charge on any atom is -0.361 e. The van der Waals surface area contributed by atoms with Gasteiger partial charge in [-0.05, 0) is 33.1 Å². The Morgan fingerprint density at radius 2 is 0.818 bits per heavy atom. The second-order valence-corrected chi connectivity index (χ2v) is 8.25. The zero-order valence-electron chi connectivity index (χ0n) is 21.9. The molecule has 0 aromatic heterocycles. The molecular formula is C25H49N3O5. The van der Waals surface area contributed by atoms with E-state index in [0.717, 1.165) is 38.5 Å². The van der Waals surface area contributed by atoms with Crippen molar-refractivity contribution >= 4 is 17.7 Å². The van der Waals surface area contributed by atoms with Crippen molar-refractivity contribution < 1.29 is 23.9 Å². The summed E-state index contributed by atoms with van der Waals surface area (Å²) in [5, 5.41) is 0. The van der Waals surface area contributed by atoms with E-state index >= 15 is 0 Å². The molecule has 0 aliphatic heterocycles. The lowest BCUT2D eigenvalue weighted by Crippen LogP contribution is -2.46. The summed E-state index contributed by atoms with van der Waals surface area (Å²) >= 11 is 0. The van der Waals surface area contributed by atoms with Crippen molar-refractivity contribution in [3.8, 4) is 0 Å². The zero-order valence-corrected chi connectivity index (χ0v) is 21.9. The number of ether oxygens (including phenoxy) is 2. The molecule has 0 aliphatic rings. The topological polar surface area (TPSA) is 79.4 Å². The Hall–Kier alpha value is -1.67. The van der Waals surface area contributed by atoms with Gasteiger partial charge in [0.15, 0.2) is 0 Å². The molecule has 0 aromatic carbocycles. The lowest BCUT2D eigenvalue weighted by molar-refractivity contribution is -0.141. The second kappa shape index (κ2) is 20.9. The van der Waals surface area contributed by atoms with Crippen molar-refractivity contribution in [2.24, 2.45) is 0 Å². The molecule has 0 unspecified atom stereocenters. The molecule has 0 saturated heterocycles. The third-order valence-electron chi connectivity index (χ3n) is 5.47. The summed E-state index contributed by atoms with van der Waals surface area (Å²) in [5.74, 6) is 0.171. The fourth-order valence-electron chi connectivity index (χ4n) is 3.23. The van der Waals surface area contributed by atoms with Gasteiger partial charge in [0.1, 0.15) is 13.5 Å². The summed E-state index contributed by atoms with van der Waals surface area (Å²) in [6.45, 7) is 13.2. The van der Waals surface area contributed by atoms with Gasteiger partial charge in [-0.3, -0.25) is 14.4 Å². The quantitative estimate of drug-likeness (QED) is 0.236. The van der Waals surface area contributed by atoms with Crippen LogP contribution in [-0.2, 0) is 23.9 Å².